The van der Waals surface area contributed by atoms with Crippen molar-refractivity contribution in [2.75, 3.05) is 6.66 Å². The monoisotopic (exact) mass is 232 g/mol. The molecule has 0 aromatic heterocycles. The lowest BCUT2D eigenvalue weighted by Crippen LogP contribution is -1.98. The van der Waals surface area contributed by atoms with E-state index in [0.29, 0.717) is 0 Å². The van der Waals surface area contributed by atoms with Crippen LogP contribution in [0.25, 0.3) is 0 Å². The summed E-state index contributed by atoms with van der Waals surface area (Å²) in [5.74, 6) is 0. The van der Waals surface area contributed by atoms with Crippen molar-refractivity contribution < 1.29 is 4.89 Å². The summed E-state index contributed by atoms with van der Waals surface area (Å²) in [6.07, 6.45) is 0. The van der Waals surface area contributed by atoms with Crippen molar-refractivity contribution in [2.45, 2.75) is 6.92 Å². The Kier molecular flexibility index (Phi) is 3.06. The number of hydrogen-bond donors (Lipinski definition) is 1. The lowest BCUT2D eigenvalue weighted by molar-refractivity contribution is 0.641. The van der Waals surface area contributed by atoms with Crippen LogP contribution in [0, 0.1) is 6.92 Å². The van der Waals surface area contributed by atoms with Crippen molar-refractivity contribution in [1.82, 2.24) is 0 Å². The predicted octanol–water partition coefficient (Wildman–Crippen LogP) is 2.40. The molecular weight excluding hydrogens is 223 g/mol. The fourth-order valence-electron chi connectivity index (χ4n) is 0.783. The molecule has 0 heterocycles. The van der Waals surface area contributed by atoms with Gasteiger partial charge in [0.2, 0.25) is 0 Å². The Bertz CT molecular complexity index is 260. The van der Waals surface area contributed by atoms with Crippen LogP contribution in [0.3, 0.4) is 0 Å². The van der Waals surface area contributed by atoms with Crippen LogP contribution in [-0.4, -0.2) is 11.6 Å². The zero-order valence-corrected chi connectivity index (χ0v) is 8.98. The van der Waals surface area contributed by atoms with Gasteiger partial charge >= 0.3 is 0 Å². The molecule has 1 N–H and O–H groups in total. The third-order valence-electron chi connectivity index (χ3n) is 1.53. The summed E-state index contributed by atoms with van der Waals surface area (Å²) in [6.45, 7) is 3.86. The third kappa shape index (κ3) is 2.26. The summed E-state index contributed by atoms with van der Waals surface area (Å²) < 4.78 is 1.07. The van der Waals surface area contributed by atoms with Gasteiger partial charge in [-0.3, -0.25) is 0 Å². The van der Waals surface area contributed by atoms with E-state index >= 15 is 0 Å². The first-order valence-corrected chi connectivity index (χ1v) is 5.83. The average molecular weight is 233 g/mol. The van der Waals surface area contributed by atoms with E-state index in [1.165, 1.54) is 5.56 Å². The molecule has 1 aromatic rings. The van der Waals surface area contributed by atoms with Crippen LogP contribution >= 0.6 is 24.1 Å². The number of hydrogen-bond acceptors (Lipinski definition) is 1. The molecule has 0 bridgehead atoms. The minimum Gasteiger partial charge on any atom is -0.369 e. The second-order valence-electron chi connectivity index (χ2n) is 2.46. The number of aryl methyl sites for hydroxylation is 1. The summed E-state index contributed by atoms with van der Waals surface area (Å²) in [7, 11) is -0.954. The number of rotatable bonds is 1. The van der Waals surface area contributed by atoms with Gasteiger partial charge in [0, 0.05) is 9.78 Å². The van der Waals surface area contributed by atoms with E-state index in [2.05, 4.69) is 15.9 Å². The maximum absolute atomic E-state index is 9.28. The van der Waals surface area contributed by atoms with Gasteiger partial charge in [-0.15, -0.1) is 0 Å². The minimum atomic E-state index is -0.954. The van der Waals surface area contributed by atoms with Gasteiger partial charge in [-0.1, -0.05) is 28.1 Å². The molecule has 60 valence electrons. The summed E-state index contributed by atoms with van der Waals surface area (Å²) in [4.78, 5) is 9.28. The van der Waals surface area contributed by atoms with E-state index in [1.54, 1.807) is 0 Å². The molecule has 0 aliphatic heterocycles. The molecule has 0 saturated carbocycles. The standard InChI is InChI=1S/C8H10BrOP/c1-6-3-4-7(11(2)10)5-8(6)9/h3-5,10H,1-2H3. The van der Waals surface area contributed by atoms with Crippen LogP contribution in [-0.2, 0) is 0 Å². The molecule has 1 aromatic carbocycles. The van der Waals surface area contributed by atoms with Gasteiger partial charge in [0.25, 0.3) is 0 Å². The van der Waals surface area contributed by atoms with Gasteiger partial charge < -0.3 is 4.89 Å². The highest BCUT2D eigenvalue weighted by Gasteiger charge is 2.01. The van der Waals surface area contributed by atoms with Gasteiger partial charge in [-0.2, -0.15) is 0 Å². The predicted molar refractivity (Wildman–Crippen MR) is 53.6 cm³/mol. The Morgan fingerprint density at radius 3 is 2.55 bits per heavy atom. The van der Waals surface area contributed by atoms with E-state index in [9.17, 15) is 4.89 Å². The molecule has 1 unspecified atom stereocenters. The fourth-order valence-corrected chi connectivity index (χ4v) is 1.94. The van der Waals surface area contributed by atoms with Crippen molar-refractivity contribution >= 4 is 29.4 Å². The van der Waals surface area contributed by atoms with Crippen molar-refractivity contribution in [2.24, 2.45) is 0 Å². The summed E-state index contributed by atoms with van der Waals surface area (Å²) in [5.41, 5.74) is 1.20. The molecule has 0 aliphatic rings. The maximum atomic E-state index is 9.28. The fraction of sp³-hybridized carbons (Fsp3) is 0.250. The Labute approximate surface area is 76.4 Å². The highest BCUT2D eigenvalue weighted by Crippen LogP contribution is 2.25. The molecule has 1 atom stereocenters. The van der Waals surface area contributed by atoms with Crippen LogP contribution < -0.4 is 5.30 Å². The van der Waals surface area contributed by atoms with Gasteiger partial charge in [0.05, 0.1) is 8.15 Å². The van der Waals surface area contributed by atoms with E-state index in [0.717, 1.165) is 9.78 Å². The molecule has 0 spiro atoms. The van der Waals surface area contributed by atoms with Crippen molar-refractivity contribution in [1.29, 1.82) is 0 Å². The molecule has 1 rings (SSSR count). The van der Waals surface area contributed by atoms with Gasteiger partial charge in [0.1, 0.15) is 0 Å². The van der Waals surface area contributed by atoms with E-state index in [-0.39, 0.29) is 0 Å². The SMILES string of the molecule is Cc1ccc(P(C)O)cc1Br. The molecule has 1 nitrogen and oxygen atoms in total. The number of benzene rings is 1. The number of halogens is 1. The largest absolute Gasteiger partial charge is 0.369 e. The second-order valence-corrected chi connectivity index (χ2v) is 4.88. The van der Waals surface area contributed by atoms with Crippen LogP contribution in [0.15, 0.2) is 22.7 Å². The Morgan fingerprint density at radius 1 is 1.45 bits per heavy atom. The van der Waals surface area contributed by atoms with Crippen LogP contribution in [0.2, 0.25) is 0 Å². The third-order valence-corrected chi connectivity index (χ3v) is 3.41. The Balaban J connectivity index is 3.05. The molecular formula is C8H10BrOP. The highest BCUT2D eigenvalue weighted by molar-refractivity contribution is 9.10. The molecule has 0 saturated heterocycles. The van der Waals surface area contributed by atoms with E-state index in [4.69, 9.17) is 0 Å². The van der Waals surface area contributed by atoms with Crippen molar-refractivity contribution in [3.63, 3.8) is 0 Å². The Hall–Kier alpha value is 0.0900. The van der Waals surface area contributed by atoms with Crippen LogP contribution in [0.5, 0.6) is 0 Å². The van der Waals surface area contributed by atoms with Gasteiger partial charge in [-0.05, 0) is 25.2 Å². The first-order valence-electron chi connectivity index (χ1n) is 3.30. The Morgan fingerprint density at radius 2 is 2.09 bits per heavy atom. The molecule has 11 heavy (non-hydrogen) atoms. The van der Waals surface area contributed by atoms with E-state index in [1.807, 2.05) is 31.8 Å². The summed E-state index contributed by atoms with van der Waals surface area (Å²) in [5, 5.41) is 1.01. The maximum Gasteiger partial charge on any atom is 0.0531 e. The molecule has 3 heteroatoms. The van der Waals surface area contributed by atoms with Crippen molar-refractivity contribution in [3.8, 4) is 0 Å². The first kappa shape index (κ1) is 9.18. The van der Waals surface area contributed by atoms with Gasteiger partial charge in [0.15, 0.2) is 0 Å². The van der Waals surface area contributed by atoms with Gasteiger partial charge in [-0.25, -0.2) is 0 Å². The lowest BCUT2D eigenvalue weighted by atomic mass is 10.2. The average Bonchev–Trinajstić information content (AvgIpc) is 1.94. The minimum absolute atomic E-state index is 0.954. The normalized spacial score (nSPS) is 13.1. The summed E-state index contributed by atoms with van der Waals surface area (Å²) >= 11 is 3.41. The van der Waals surface area contributed by atoms with E-state index < -0.39 is 8.15 Å². The molecule has 0 amide bonds. The zero-order valence-electron chi connectivity index (χ0n) is 6.50. The van der Waals surface area contributed by atoms with Crippen molar-refractivity contribution in [3.05, 3.63) is 28.2 Å². The first-order chi connectivity index (χ1) is 5.11. The van der Waals surface area contributed by atoms with Crippen LogP contribution in [0.1, 0.15) is 5.56 Å². The second kappa shape index (κ2) is 3.66. The molecule has 0 fully saturated rings. The molecule has 0 aliphatic carbocycles. The quantitative estimate of drug-likeness (QED) is 0.738. The smallest absolute Gasteiger partial charge is 0.0531 e. The topological polar surface area (TPSA) is 20.2 Å². The lowest BCUT2D eigenvalue weighted by Gasteiger charge is -2.05. The highest BCUT2D eigenvalue weighted by atomic mass is 79.9. The summed E-state index contributed by atoms with van der Waals surface area (Å²) in [6, 6.07) is 5.95. The van der Waals surface area contributed by atoms with Crippen LogP contribution in [0.4, 0.5) is 0 Å². The zero-order chi connectivity index (χ0) is 8.43. The molecule has 0 radical (unpaired) electrons.